The van der Waals surface area contributed by atoms with Crippen LogP contribution in [0, 0.1) is 22.7 Å². The second-order valence-corrected chi connectivity index (χ2v) is 8.72. The maximum Gasteiger partial charge on any atom is 0.143 e. The number of nitrogens with two attached hydrogens (primary N) is 1. The number of nitrogens with zero attached hydrogens (tertiary/aromatic N) is 5. The third kappa shape index (κ3) is 5.00. The fraction of sp³-hybridized carbons (Fsp3) is 0.125. The van der Waals surface area contributed by atoms with Crippen LogP contribution in [0.3, 0.4) is 0 Å². The quantitative estimate of drug-likeness (QED) is 0.349. The molecule has 0 spiro atoms. The Kier molecular flexibility index (Phi) is 7.35. The minimum absolute atomic E-state index is 0.0621. The Bertz CT molecular complexity index is 1380. The van der Waals surface area contributed by atoms with E-state index in [9.17, 15) is 10.5 Å². The molecule has 4 rings (SSSR count). The number of aromatic nitrogens is 3. The summed E-state index contributed by atoms with van der Waals surface area (Å²) in [6.07, 6.45) is 1.72. The first-order chi connectivity index (χ1) is 16.6. The first kappa shape index (κ1) is 23.2. The minimum atomic E-state index is -0.0945. The fourth-order valence-electron chi connectivity index (χ4n) is 3.20. The van der Waals surface area contributed by atoms with Gasteiger partial charge < -0.3 is 15.6 Å². The van der Waals surface area contributed by atoms with Crippen LogP contribution in [0.15, 0.2) is 59.1 Å². The van der Waals surface area contributed by atoms with E-state index in [2.05, 4.69) is 27.1 Å². The lowest BCUT2D eigenvalue weighted by Crippen LogP contribution is -2.04. The number of thiazole rings is 1. The van der Waals surface area contributed by atoms with Crippen molar-refractivity contribution in [3.05, 3.63) is 70.9 Å². The fourth-order valence-corrected chi connectivity index (χ4v) is 4.98. The summed E-state index contributed by atoms with van der Waals surface area (Å²) in [7, 11) is 0. The van der Waals surface area contributed by atoms with E-state index in [0.717, 1.165) is 16.4 Å². The van der Waals surface area contributed by atoms with Crippen molar-refractivity contribution < 1.29 is 9.84 Å². The molecule has 0 aliphatic heterocycles. The molecule has 0 unspecified atom stereocenters. The lowest BCUT2D eigenvalue weighted by molar-refractivity contribution is 0.201. The highest BCUT2D eigenvalue weighted by Gasteiger charge is 2.21. The van der Waals surface area contributed by atoms with Gasteiger partial charge in [-0.1, -0.05) is 30.0 Å². The number of anilines is 1. The number of rotatable bonds is 8. The van der Waals surface area contributed by atoms with Crippen molar-refractivity contribution in [2.75, 3.05) is 18.9 Å². The van der Waals surface area contributed by atoms with Crippen LogP contribution in [0.2, 0.25) is 0 Å². The molecule has 8 nitrogen and oxygen atoms in total. The largest absolute Gasteiger partial charge is 0.491 e. The van der Waals surface area contributed by atoms with Crippen molar-refractivity contribution in [2.45, 2.75) is 10.8 Å². The number of nitrogen functional groups attached to an aromatic ring is 1. The summed E-state index contributed by atoms with van der Waals surface area (Å²) in [5, 5.41) is 31.8. The monoisotopic (exact) mass is 486 g/mol. The molecule has 34 heavy (non-hydrogen) atoms. The lowest BCUT2D eigenvalue weighted by Gasteiger charge is -2.13. The summed E-state index contributed by atoms with van der Waals surface area (Å²) >= 11 is 2.83. The highest BCUT2D eigenvalue weighted by molar-refractivity contribution is 7.98. The Hall–Kier alpha value is -3.96. The van der Waals surface area contributed by atoms with Crippen LogP contribution in [0.25, 0.3) is 21.8 Å². The highest BCUT2D eigenvalue weighted by Crippen LogP contribution is 2.37. The topological polar surface area (TPSA) is 142 Å². The molecule has 1 aromatic carbocycles. The van der Waals surface area contributed by atoms with Crippen LogP contribution in [-0.2, 0) is 5.75 Å². The molecule has 0 amide bonds. The maximum atomic E-state index is 9.96. The molecule has 3 aromatic heterocycles. The van der Waals surface area contributed by atoms with Crippen LogP contribution in [-0.4, -0.2) is 33.3 Å². The van der Waals surface area contributed by atoms with E-state index >= 15 is 0 Å². The average molecular weight is 487 g/mol. The lowest BCUT2D eigenvalue weighted by atomic mass is 9.97. The van der Waals surface area contributed by atoms with E-state index < -0.39 is 0 Å². The summed E-state index contributed by atoms with van der Waals surface area (Å²) in [6, 6.07) is 16.9. The van der Waals surface area contributed by atoms with Gasteiger partial charge in [0.25, 0.3) is 0 Å². The van der Waals surface area contributed by atoms with Gasteiger partial charge in [-0.3, -0.25) is 4.98 Å². The number of ether oxygens (including phenoxy) is 1. The van der Waals surface area contributed by atoms with Gasteiger partial charge in [-0.2, -0.15) is 10.5 Å². The molecule has 0 aliphatic carbocycles. The van der Waals surface area contributed by atoms with Gasteiger partial charge in [0.1, 0.15) is 45.9 Å². The maximum absolute atomic E-state index is 9.96. The molecule has 4 aromatic rings. The third-order valence-corrected chi connectivity index (χ3v) is 6.63. The summed E-state index contributed by atoms with van der Waals surface area (Å²) in [6.45, 7) is 0.0800. The molecule has 10 heteroatoms. The Morgan fingerprint density at radius 1 is 1.06 bits per heavy atom. The van der Waals surface area contributed by atoms with Gasteiger partial charge >= 0.3 is 0 Å². The van der Waals surface area contributed by atoms with Crippen molar-refractivity contribution in [3.63, 3.8) is 0 Å². The van der Waals surface area contributed by atoms with Gasteiger partial charge in [0.2, 0.25) is 0 Å². The van der Waals surface area contributed by atoms with E-state index in [4.69, 9.17) is 15.6 Å². The van der Waals surface area contributed by atoms with E-state index in [1.165, 1.54) is 23.1 Å². The second kappa shape index (κ2) is 10.8. The van der Waals surface area contributed by atoms with Crippen LogP contribution < -0.4 is 10.5 Å². The Balaban J connectivity index is 1.64. The predicted octanol–water partition coefficient (Wildman–Crippen LogP) is 4.26. The zero-order chi connectivity index (χ0) is 23.9. The van der Waals surface area contributed by atoms with Gasteiger partial charge in [0, 0.05) is 22.9 Å². The summed E-state index contributed by atoms with van der Waals surface area (Å²) in [5.74, 6) is 1.11. The van der Waals surface area contributed by atoms with Crippen molar-refractivity contribution in [2.24, 2.45) is 0 Å². The van der Waals surface area contributed by atoms with E-state index in [1.807, 2.05) is 23.6 Å². The number of benzene rings is 1. The number of hydrogen-bond donors (Lipinski definition) is 2. The molecule has 0 atom stereocenters. The SMILES string of the molecule is N#Cc1c(N)nc(SCc2csc(-c3ccccn3)n2)c(C#N)c1-c1ccc(OCCO)cc1. The Morgan fingerprint density at radius 3 is 2.53 bits per heavy atom. The van der Waals surface area contributed by atoms with Crippen LogP contribution >= 0.6 is 23.1 Å². The average Bonchev–Trinajstić information content (AvgIpc) is 3.36. The highest BCUT2D eigenvalue weighted by atomic mass is 32.2. The number of hydrogen-bond acceptors (Lipinski definition) is 10. The number of pyridine rings is 2. The Labute approximate surface area is 204 Å². The second-order valence-electron chi connectivity index (χ2n) is 6.89. The zero-order valence-electron chi connectivity index (χ0n) is 17.8. The van der Waals surface area contributed by atoms with Crippen molar-refractivity contribution in [3.8, 4) is 39.7 Å². The van der Waals surface area contributed by atoms with Crippen LogP contribution in [0.5, 0.6) is 5.75 Å². The molecular weight excluding hydrogens is 468 g/mol. The molecule has 0 saturated carbocycles. The van der Waals surface area contributed by atoms with E-state index in [0.29, 0.717) is 27.7 Å². The zero-order valence-corrected chi connectivity index (χ0v) is 19.4. The molecule has 0 saturated heterocycles. The van der Waals surface area contributed by atoms with E-state index in [1.54, 1.807) is 30.5 Å². The number of aliphatic hydroxyl groups excluding tert-OH is 1. The first-order valence-electron chi connectivity index (χ1n) is 10.1. The number of thioether (sulfide) groups is 1. The van der Waals surface area contributed by atoms with Crippen LogP contribution in [0.4, 0.5) is 5.82 Å². The number of aliphatic hydroxyl groups is 1. The molecule has 0 fully saturated rings. The molecule has 3 N–H and O–H groups in total. The predicted molar refractivity (Wildman–Crippen MR) is 131 cm³/mol. The smallest absolute Gasteiger partial charge is 0.143 e. The van der Waals surface area contributed by atoms with Gasteiger partial charge in [0.05, 0.1) is 23.6 Å². The summed E-state index contributed by atoms with van der Waals surface area (Å²) < 4.78 is 5.40. The van der Waals surface area contributed by atoms with Crippen molar-refractivity contribution in [1.82, 2.24) is 15.0 Å². The van der Waals surface area contributed by atoms with Gasteiger partial charge in [-0.15, -0.1) is 11.3 Å². The third-order valence-electron chi connectivity index (χ3n) is 4.71. The van der Waals surface area contributed by atoms with Gasteiger partial charge in [-0.05, 0) is 29.8 Å². The minimum Gasteiger partial charge on any atom is -0.491 e. The summed E-state index contributed by atoms with van der Waals surface area (Å²) in [5.41, 5.74) is 9.24. The standard InChI is InChI=1S/C24H18N6O2S2/c25-11-18-21(15-4-6-17(7-5-15)32-10-9-31)19(12-26)23(30-22(18)27)33-13-16-14-34-24(29-16)20-3-1-2-8-28-20/h1-8,14,31H,9-10,13H2,(H2,27,30). The Morgan fingerprint density at radius 2 is 1.85 bits per heavy atom. The first-order valence-corrected chi connectivity index (χ1v) is 12.0. The van der Waals surface area contributed by atoms with Gasteiger partial charge in [0.15, 0.2) is 0 Å². The van der Waals surface area contributed by atoms with Gasteiger partial charge in [-0.25, -0.2) is 9.97 Å². The summed E-state index contributed by atoms with van der Waals surface area (Å²) in [4.78, 5) is 13.3. The molecule has 0 radical (unpaired) electrons. The molecule has 0 aliphatic rings. The normalized spacial score (nSPS) is 10.4. The van der Waals surface area contributed by atoms with E-state index in [-0.39, 0.29) is 30.2 Å². The van der Waals surface area contributed by atoms with Crippen molar-refractivity contribution in [1.29, 1.82) is 10.5 Å². The molecule has 168 valence electrons. The molecular formula is C24H18N6O2S2. The van der Waals surface area contributed by atoms with Crippen LogP contribution in [0.1, 0.15) is 16.8 Å². The number of nitriles is 2. The van der Waals surface area contributed by atoms with Crippen molar-refractivity contribution >= 4 is 28.9 Å². The molecule has 3 heterocycles. The molecule has 0 bridgehead atoms.